The number of nitrogen functional groups attached to an aromatic ring is 1. The number of nitrogens with two attached hydrogens (primary N) is 1. The Kier molecular flexibility index (Phi) is 4.80. The fourth-order valence-electron chi connectivity index (χ4n) is 2.24. The largest absolute Gasteiger partial charge is 0.380 e. The number of amides is 1. The van der Waals surface area contributed by atoms with Gasteiger partial charge in [0.2, 0.25) is 0 Å². The predicted octanol–water partition coefficient (Wildman–Crippen LogP) is 1.53. The number of nitrogens with zero attached hydrogens (tertiary/aromatic N) is 2. The minimum Gasteiger partial charge on any atom is -0.380 e. The van der Waals surface area contributed by atoms with Gasteiger partial charge in [-0.25, -0.2) is 10.8 Å². The smallest absolute Gasteiger partial charge is 0.254 e. The summed E-state index contributed by atoms with van der Waals surface area (Å²) in [4.78, 5) is 18.9. The van der Waals surface area contributed by atoms with Gasteiger partial charge in [0.15, 0.2) is 0 Å². The highest BCUT2D eigenvalue weighted by molar-refractivity contribution is 5.95. The van der Waals surface area contributed by atoms with Crippen LogP contribution in [0.4, 0.5) is 5.82 Å². The van der Waals surface area contributed by atoms with E-state index in [4.69, 9.17) is 10.6 Å². The minimum atomic E-state index is -0.149. The number of rotatable bonds is 2. The molecule has 0 aliphatic carbocycles. The van der Waals surface area contributed by atoms with Gasteiger partial charge < -0.3 is 15.1 Å². The first-order valence-electron chi connectivity index (χ1n) is 7.28. The summed E-state index contributed by atoms with van der Waals surface area (Å²) >= 11 is 0. The second-order valence-electron chi connectivity index (χ2n) is 6.28. The molecule has 1 saturated heterocycles. The molecule has 0 bridgehead atoms. The molecule has 6 heteroatoms. The van der Waals surface area contributed by atoms with E-state index < -0.39 is 0 Å². The maximum Gasteiger partial charge on any atom is 0.254 e. The highest BCUT2D eigenvalue weighted by Crippen LogP contribution is 2.24. The van der Waals surface area contributed by atoms with Crippen molar-refractivity contribution in [3.63, 3.8) is 0 Å². The maximum absolute atomic E-state index is 12.7. The first-order valence-corrected chi connectivity index (χ1v) is 7.28. The zero-order valence-corrected chi connectivity index (χ0v) is 13.0. The summed E-state index contributed by atoms with van der Waals surface area (Å²) in [6, 6.07) is 3.55. The summed E-state index contributed by atoms with van der Waals surface area (Å²) in [5.74, 6) is 5.99. The first kappa shape index (κ1) is 15.7. The Hall–Kier alpha value is -1.66. The van der Waals surface area contributed by atoms with E-state index in [0.717, 1.165) is 18.7 Å². The second-order valence-corrected chi connectivity index (χ2v) is 6.28. The number of hydrogen-bond acceptors (Lipinski definition) is 5. The highest BCUT2D eigenvalue weighted by atomic mass is 16.5. The van der Waals surface area contributed by atoms with E-state index in [1.54, 1.807) is 6.07 Å². The van der Waals surface area contributed by atoms with Gasteiger partial charge >= 0.3 is 0 Å². The predicted molar refractivity (Wildman–Crippen MR) is 82.1 cm³/mol. The van der Waals surface area contributed by atoms with E-state index in [1.807, 2.05) is 11.0 Å². The van der Waals surface area contributed by atoms with E-state index in [9.17, 15) is 4.79 Å². The Labute approximate surface area is 125 Å². The maximum atomic E-state index is 12.7. The lowest BCUT2D eigenvalue weighted by molar-refractivity contribution is 0.0741. The van der Waals surface area contributed by atoms with Crippen LogP contribution >= 0.6 is 0 Å². The van der Waals surface area contributed by atoms with Crippen molar-refractivity contribution in [3.05, 3.63) is 23.4 Å². The van der Waals surface area contributed by atoms with Crippen molar-refractivity contribution < 1.29 is 9.53 Å². The summed E-state index contributed by atoms with van der Waals surface area (Å²) in [5, 5.41) is 0. The van der Waals surface area contributed by atoms with Crippen molar-refractivity contribution in [2.45, 2.75) is 32.6 Å². The highest BCUT2D eigenvalue weighted by Gasteiger charge is 2.22. The van der Waals surface area contributed by atoms with Crippen LogP contribution in [0.25, 0.3) is 0 Å². The van der Waals surface area contributed by atoms with Crippen LogP contribution in [0.2, 0.25) is 0 Å². The Balaban J connectivity index is 2.31. The zero-order chi connectivity index (χ0) is 15.5. The van der Waals surface area contributed by atoms with Crippen molar-refractivity contribution in [3.8, 4) is 0 Å². The average Bonchev–Trinajstić information content (AvgIpc) is 2.74. The van der Waals surface area contributed by atoms with E-state index in [0.29, 0.717) is 31.1 Å². The number of hydrazine groups is 1. The summed E-state index contributed by atoms with van der Waals surface area (Å²) < 4.78 is 5.40. The van der Waals surface area contributed by atoms with Gasteiger partial charge in [0.25, 0.3) is 5.91 Å². The van der Waals surface area contributed by atoms with E-state index in [2.05, 4.69) is 31.2 Å². The molecule has 0 atom stereocenters. The van der Waals surface area contributed by atoms with E-state index in [1.165, 1.54) is 0 Å². The average molecular weight is 292 g/mol. The van der Waals surface area contributed by atoms with Crippen LogP contribution in [0.1, 0.15) is 43.2 Å². The summed E-state index contributed by atoms with van der Waals surface area (Å²) in [5.41, 5.74) is 3.85. The number of nitrogens with one attached hydrogen (secondary N) is 1. The van der Waals surface area contributed by atoms with Crippen molar-refractivity contribution in [2.75, 3.05) is 31.7 Å². The lowest BCUT2D eigenvalue weighted by atomic mass is 9.90. The quantitative estimate of drug-likeness (QED) is 0.638. The molecule has 2 rings (SSSR count). The normalized spacial score (nSPS) is 16.5. The third-order valence-corrected chi connectivity index (χ3v) is 3.50. The van der Waals surface area contributed by atoms with Gasteiger partial charge in [0, 0.05) is 36.4 Å². The zero-order valence-electron chi connectivity index (χ0n) is 13.0. The third-order valence-electron chi connectivity index (χ3n) is 3.50. The molecule has 6 nitrogen and oxygen atoms in total. The molecular weight excluding hydrogens is 268 g/mol. The van der Waals surface area contributed by atoms with Gasteiger partial charge in [0.1, 0.15) is 5.82 Å². The third kappa shape index (κ3) is 3.92. The molecule has 0 saturated carbocycles. The molecular formula is C15H24N4O2. The molecule has 1 aliphatic rings. The monoisotopic (exact) mass is 292 g/mol. The van der Waals surface area contributed by atoms with Crippen LogP contribution in [0.5, 0.6) is 0 Å². The molecule has 2 heterocycles. The Bertz CT molecular complexity index is 503. The van der Waals surface area contributed by atoms with Gasteiger partial charge in [0.05, 0.1) is 6.61 Å². The number of carbonyl (C=O) groups excluding carboxylic acids is 1. The number of aromatic nitrogens is 1. The standard InChI is InChI=1S/C15H24N4O2/c1-15(2,3)12-9-11(10-13(17-12)18-16)14(20)19-5-4-7-21-8-6-19/h9-10H,4-8,16H2,1-3H3,(H,17,18). The lowest BCUT2D eigenvalue weighted by Crippen LogP contribution is -2.33. The van der Waals surface area contributed by atoms with Gasteiger partial charge in [-0.3, -0.25) is 4.79 Å². The molecule has 0 unspecified atom stereocenters. The van der Waals surface area contributed by atoms with Gasteiger partial charge in [-0.05, 0) is 18.6 Å². The number of anilines is 1. The molecule has 1 aromatic heterocycles. The minimum absolute atomic E-state index is 0.00454. The van der Waals surface area contributed by atoms with Crippen LogP contribution in [-0.4, -0.2) is 42.1 Å². The Morgan fingerprint density at radius 3 is 2.76 bits per heavy atom. The second kappa shape index (κ2) is 6.41. The van der Waals surface area contributed by atoms with Crippen molar-refractivity contribution in [2.24, 2.45) is 5.84 Å². The molecule has 1 amide bonds. The van der Waals surface area contributed by atoms with Crippen LogP contribution in [0, 0.1) is 0 Å². The molecule has 1 aromatic rings. The molecule has 0 spiro atoms. The Morgan fingerprint density at radius 2 is 2.10 bits per heavy atom. The SMILES string of the molecule is CC(C)(C)c1cc(C(=O)N2CCCOCC2)cc(NN)n1. The van der Waals surface area contributed by atoms with Crippen LogP contribution in [0.15, 0.2) is 12.1 Å². The fraction of sp³-hybridized carbons (Fsp3) is 0.600. The van der Waals surface area contributed by atoms with Crippen molar-refractivity contribution >= 4 is 11.7 Å². The van der Waals surface area contributed by atoms with Crippen LogP contribution < -0.4 is 11.3 Å². The Morgan fingerprint density at radius 1 is 1.33 bits per heavy atom. The van der Waals surface area contributed by atoms with Crippen molar-refractivity contribution in [1.82, 2.24) is 9.88 Å². The molecule has 0 aromatic carbocycles. The number of ether oxygens (including phenoxy) is 1. The lowest BCUT2D eigenvalue weighted by Gasteiger charge is -2.23. The van der Waals surface area contributed by atoms with E-state index in [-0.39, 0.29) is 11.3 Å². The van der Waals surface area contributed by atoms with Crippen LogP contribution in [-0.2, 0) is 10.2 Å². The molecule has 116 valence electrons. The van der Waals surface area contributed by atoms with Crippen molar-refractivity contribution in [1.29, 1.82) is 0 Å². The van der Waals surface area contributed by atoms with Crippen LogP contribution in [0.3, 0.4) is 0 Å². The number of carbonyl (C=O) groups is 1. The number of hydrogen-bond donors (Lipinski definition) is 2. The summed E-state index contributed by atoms with van der Waals surface area (Å²) in [6.07, 6.45) is 0.866. The summed E-state index contributed by atoms with van der Waals surface area (Å²) in [6.45, 7) is 8.82. The van der Waals surface area contributed by atoms with Gasteiger partial charge in [-0.15, -0.1) is 0 Å². The number of pyridine rings is 1. The molecule has 3 N–H and O–H groups in total. The molecule has 21 heavy (non-hydrogen) atoms. The first-order chi connectivity index (χ1) is 9.91. The van der Waals surface area contributed by atoms with Gasteiger partial charge in [-0.2, -0.15) is 0 Å². The van der Waals surface area contributed by atoms with Gasteiger partial charge in [-0.1, -0.05) is 20.8 Å². The molecule has 1 fully saturated rings. The topological polar surface area (TPSA) is 80.5 Å². The summed E-state index contributed by atoms with van der Waals surface area (Å²) in [7, 11) is 0. The fourth-order valence-corrected chi connectivity index (χ4v) is 2.24. The molecule has 0 radical (unpaired) electrons. The molecule has 1 aliphatic heterocycles. The van der Waals surface area contributed by atoms with E-state index >= 15 is 0 Å².